The van der Waals surface area contributed by atoms with Crippen molar-refractivity contribution in [3.05, 3.63) is 29.3 Å². The van der Waals surface area contributed by atoms with Crippen molar-refractivity contribution in [3.8, 4) is 5.75 Å². The highest BCUT2D eigenvalue weighted by Crippen LogP contribution is 2.30. The minimum Gasteiger partial charge on any atom is -0.493 e. The van der Waals surface area contributed by atoms with E-state index in [9.17, 15) is 0 Å². The third-order valence-corrected chi connectivity index (χ3v) is 5.20. The first kappa shape index (κ1) is 24.2. The van der Waals surface area contributed by atoms with Gasteiger partial charge in [-0.15, -0.1) is 24.0 Å². The van der Waals surface area contributed by atoms with E-state index in [0.717, 1.165) is 75.6 Å². The van der Waals surface area contributed by atoms with Crippen molar-refractivity contribution in [2.75, 3.05) is 46.6 Å². The average Bonchev–Trinajstić information content (AvgIpc) is 3.39. The molecule has 0 bridgehead atoms. The van der Waals surface area contributed by atoms with Crippen molar-refractivity contribution < 1.29 is 14.2 Å². The van der Waals surface area contributed by atoms with E-state index in [1.807, 2.05) is 0 Å². The second-order valence-corrected chi connectivity index (χ2v) is 7.88. The Hall–Kier alpha value is -1.06. The van der Waals surface area contributed by atoms with Crippen LogP contribution in [0.1, 0.15) is 36.8 Å². The number of hydrogen-bond acceptors (Lipinski definition) is 4. The number of aryl methyl sites for hydroxylation is 1. The lowest BCUT2D eigenvalue weighted by Crippen LogP contribution is -2.37. The summed E-state index contributed by atoms with van der Waals surface area (Å²) in [6.07, 6.45) is 4.68. The Morgan fingerprint density at radius 3 is 2.76 bits per heavy atom. The average molecular weight is 517 g/mol. The number of guanidine groups is 1. The number of halogens is 1. The summed E-state index contributed by atoms with van der Waals surface area (Å²) < 4.78 is 17.2. The molecule has 2 aliphatic rings. The van der Waals surface area contributed by atoms with E-state index >= 15 is 0 Å². The molecule has 1 unspecified atom stereocenters. The standard InChI is InChI=1S/C22H35N3O3.HI/c1-17-4-7-20(21(12-17)28-16-18-5-6-18)13-25-22(23-2)24-9-3-10-26-14-19-8-11-27-15-19;/h4,7,12,18-19H,3,5-6,8-11,13-16H2,1-2H3,(H2,23,24,25);1H. The maximum atomic E-state index is 6.05. The smallest absolute Gasteiger partial charge is 0.191 e. The Kier molecular flexibility index (Phi) is 11.1. The van der Waals surface area contributed by atoms with Crippen LogP contribution in [-0.4, -0.2) is 52.6 Å². The fourth-order valence-corrected chi connectivity index (χ4v) is 3.18. The summed E-state index contributed by atoms with van der Waals surface area (Å²) in [5, 5.41) is 6.74. The van der Waals surface area contributed by atoms with Crippen molar-refractivity contribution in [2.45, 2.75) is 39.2 Å². The molecule has 2 fully saturated rings. The van der Waals surface area contributed by atoms with Gasteiger partial charge in [0.25, 0.3) is 0 Å². The zero-order valence-corrected chi connectivity index (χ0v) is 20.1. The monoisotopic (exact) mass is 517 g/mol. The summed E-state index contributed by atoms with van der Waals surface area (Å²) in [6.45, 7) is 7.76. The highest BCUT2D eigenvalue weighted by molar-refractivity contribution is 14.0. The largest absolute Gasteiger partial charge is 0.493 e. The van der Waals surface area contributed by atoms with Crippen LogP contribution in [0.15, 0.2) is 23.2 Å². The summed E-state index contributed by atoms with van der Waals surface area (Å²) in [4.78, 5) is 4.31. The van der Waals surface area contributed by atoms with Gasteiger partial charge >= 0.3 is 0 Å². The molecule has 1 saturated carbocycles. The van der Waals surface area contributed by atoms with Gasteiger partial charge in [0.15, 0.2) is 5.96 Å². The minimum atomic E-state index is 0. The Morgan fingerprint density at radius 1 is 1.17 bits per heavy atom. The number of benzene rings is 1. The molecule has 1 aromatic rings. The van der Waals surface area contributed by atoms with Crippen molar-refractivity contribution in [3.63, 3.8) is 0 Å². The molecule has 0 radical (unpaired) electrons. The molecule has 6 nitrogen and oxygen atoms in total. The molecule has 0 amide bonds. The second-order valence-electron chi connectivity index (χ2n) is 7.88. The van der Waals surface area contributed by atoms with Crippen LogP contribution in [0.5, 0.6) is 5.75 Å². The minimum absolute atomic E-state index is 0. The van der Waals surface area contributed by atoms with Crippen LogP contribution < -0.4 is 15.4 Å². The fraction of sp³-hybridized carbons (Fsp3) is 0.682. The third-order valence-electron chi connectivity index (χ3n) is 5.20. The zero-order chi connectivity index (χ0) is 19.6. The highest BCUT2D eigenvalue weighted by Gasteiger charge is 2.22. The van der Waals surface area contributed by atoms with E-state index in [0.29, 0.717) is 12.5 Å². The SMILES string of the molecule is CN=C(NCCCOCC1CCOC1)NCc1ccc(C)cc1OCC1CC1.I. The van der Waals surface area contributed by atoms with E-state index < -0.39 is 0 Å². The zero-order valence-electron chi connectivity index (χ0n) is 17.7. The van der Waals surface area contributed by atoms with Crippen LogP contribution in [-0.2, 0) is 16.0 Å². The van der Waals surface area contributed by atoms with Crippen LogP contribution in [0.3, 0.4) is 0 Å². The number of nitrogens with zero attached hydrogens (tertiary/aromatic N) is 1. The van der Waals surface area contributed by atoms with Crippen LogP contribution >= 0.6 is 24.0 Å². The van der Waals surface area contributed by atoms with Gasteiger partial charge in [0.05, 0.1) is 19.8 Å². The van der Waals surface area contributed by atoms with Crippen molar-refractivity contribution in [1.82, 2.24) is 10.6 Å². The maximum Gasteiger partial charge on any atom is 0.191 e. The van der Waals surface area contributed by atoms with Gasteiger partial charge in [-0.1, -0.05) is 12.1 Å². The van der Waals surface area contributed by atoms with Gasteiger partial charge in [-0.3, -0.25) is 4.99 Å². The van der Waals surface area contributed by atoms with Gasteiger partial charge in [0.1, 0.15) is 5.75 Å². The fourth-order valence-electron chi connectivity index (χ4n) is 3.18. The van der Waals surface area contributed by atoms with Crippen LogP contribution in [0.2, 0.25) is 0 Å². The Bertz CT molecular complexity index is 632. The quantitative estimate of drug-likeness (QED) is 0.204. The first-order valence-corrected chi connectivity index (χ1v) is 10.6. The van der Waals surface area contributed by atoms with E-state index in [-0.39, 0.29) is 24.0 Å². The molecule has 1 atom stereocenters. The van der Waals surface area contributed by atoms with Gasteiger partial charge in [-0.25, -0.2) is 0 Å². The Labute approximate surface area is 192 Å². The Morgan fingerprint density at radius 2 is 2.03 bits per heavy atom. The number of ether oxygens (including phenoxy) is 3. The van der Waals surface area contributed by atoms with E-state index in [2.05, 4.69) is 40.7 Å². The Balaban J connectivity index is 0.00000300. The molecule has 0 spiro atoms. The lowest BCUT2D eigenvalue weighted by molar-refractivity contribution is 0.0888. The third kappa shape index (κ3) is 9.09. The number of rotatable bonds is 11. The van der Waals surface area contributed by atoms with E-state index in [4.69, 9.17) is 14.2 Å². The summed E-state index contributed by atoms with van der Waals surface area (Å²) in [5.74, 6) is 3.12. The molecule has 1 heterocycles. The van der Waals surface area contributed by atoms with E-state index in [1.54, 1.807) is 7.05 Å². The normalized spacial score (nSPS) is 19.0. The molecular formula is C22H36IN3O3. The first-order chi connectivity index (χ1) is 13.7. The molecule has 164 valence electrons. The van der Waals surface area contributed by atoms with E-state index in [1.165, 1.54) is 18.4 Å². The number of hydrogen-bond donors (Lipinski definition) is 2. The molecule has 3 rings (SSSR count). The summed E-state index contributed by atoms with van der Waals surface area (Å²) in [5.41, 5.74) is 2.39. The molecule has 1 aliphatic carbocycles. The summed E-state index contributed by atoms with van der Waals surface area (Å²) >= 11 is 0. The van der Waals surface area contributed by atoms with Gasteiger partial charge in [0.2, 0.25) is 0 Å². The van der Waals surface area contributed by atoms with Gasteiger partial charge in [-0.2, -0.15) is 0 Å². The summed E-state index contributed by atoms with van der Waals surface area (Å²) in [7, 11) is 1.80. The van der Waals surface area contributed by atoms with Crippen LogP contribution in [0, 0.1) is 18.8 Å². The molecule has 2 N–H and O–H groups in total. The molecule has 0 aromatic heterocycles. The lowest BCUT2D eigenvalue weighted by Gasteiger charge is -2.15. The summed E-state index contributed by atoms with van der Waals surface area (Å²) in [6, 6.07) is 6.39. The predicted molar refractivity (Wildman–Crippen MR) is 127 cm³/mol. The molecule has 29 heavy (non-hydrogen) atoms. The van der Waals surface area contributed by atoms with Crippen molar-refractivity contribution in [2.24, 2.45) is 16.8 Å². The van der Waals surface area contributed by atoms with Crippen molar-refractivity contribution in [1.29, 1.82) is 0 Å². The van der Waals surface area contributed by atoms with Crippen molar-refractivity contribution >= 4 is 29.9 Å². The lowest BCUT2D eigenvalue weighted by atomic mass is 10.1. The first-order valence-electron chi connectivity index (χ1n) is 10.6. The number of nitrogens with one attached hydrogen (secondary N) is 2. The molecule has 1 aliphatic heterocycles. The van der Waals surface area contributed by atoms with Gasteiger partial charge in [-0.05, 0) is 50.2 Å². The number of aliphatic imine (C=N–C) groups is 1. The predicted octanol–water partition coefficient (Wildman–Crippen LogP) is 3.51. The molecule has 1 aromatic carbocycles. The molecular weight excluding hydrogens is 481 g/mol. The molecule has 7 heteroatoms. The topological polar surface area (TPSA) is 64.1 Å². The van der Waals surface area contributed by atoms with Gasteiger partial charge < -0.3 is 24.8 Å². The maximum absolute atomic E-state index is 6.05. The van der Waals surface area contributed by atoms with Gasteiger partial charge in [0, 0.05) is 44.8 Å². The highest BCUT2D eigenvalue weighted by atomic mass is 127. The van der Waals surface area contributed by atoms with Crippen LogP contribution in [0.4, 0.5) is 0 Å². The van der Waals surface area contributed by atoms with Crippen LogP contribution in [0.25, 0.3) is 0 Å². The molecule has 1 saturated heterocycles. The second kappa shape index (κ2) is 13.3.